The lowest BCUT2D eigenvalue weighted by atomic mass is 9.99. The van der Waals surface area contributed by atoms with Crippen molar-refractivity contribution < 1.29 is 24.2 Å². The molecule has 1 atom stereocenters. The van der Waals surface area contributed by atoms with Crippen molar-refractivity contribution in [1.82, 2.24) is 14.9 Å². The number of amides is 2. The largest absolute Gasteiger partial charge is 0.508 e. The molecular formula is C32H27N3O5S. The Morgan fingerprint density at radius 3 is 2.17 bits per heavy atom. The first-order chi connectivity index (χ1) is 19.8. The van der Waals surface area contributed by atoms with Crippen molar-refractivity contribution in [2.45, 2.75) is 24.7 Å². The molecule has 1 aliphatic rings. The Bertz CT molecular complexity index is 1750. The molecule has 6 rings (SSSR count). The van der Waals surface area contributed by atoms with Gasteiger partial charge in [0.15, 0.2) is 0 Å². The van der Waals surface area contributed by atoms with Crippen LogP contribution >= 0.6 is 11.8 Å². The fraction of sp³-hybridized carbons (Fsp3) is 0.156. The Morgan fingerprint density at radius 1 is 0.878 bits per heavy atom. The number of aromatic nitrogens is 2. The molecule has 2 N–H and O–H groups in total. The SMILES string of the molecule is Cn1c(COc2ccc(C[C@]3(C)SC(=O)NC3=O)cc2)nc2ccc(Oc3ccc(-c4ccc(O)cc4)cc3)cc21. The lowest BCUT2D eigenvalue weighted by Crippen LogP contribution is -2.35. The summed E-state index contributed by atoms with van der Waals surface area (Å²) in [6.07, 6.45) is 0.452. The average Bonchev–Trinajstić information content (AvgIpc) is 3.41. The van der Waals surface area contributed by atoms with E-state index in [0.29, 0.717) is 23.7 Å². The van der Waals surface area contributed by atoms with Crippen molar-refractivity contribution in [1.29, 1.82) is 0 Å². The highest BCUT2D eigenvalue weighted by Crippen LogP contribution is 2.35. The Labute approximate surface area is 240 Å². The van der Waals surface area contributed by atoms with Gasteiger partial charge in [-0.3, -0.25) is 14.9 Å². The molecule has 2 amide bonds. The number of thioether (sulfide) groups is 1. The summed E-state index contributed by atoms with van der Waals surface area (Å²) in [5.41, 5.74) is 4.76. The third-order valence-electron chi connectivity index (χ3n) is 7.08. The second-order valence-electron chi connectivity index (χ2n) is 10.1. The third kappa shape index (κ3) is 5.62. The van der Waals surface area contributed by atoms with Gasteiger partial charge in [-0.1, -0.05) is 36.4 Å². The summed E-state index contributed by atoms with van der Waals surface area (Å²) in [7, 11) is 1.94. The number of ether oxygens (including phenoxy) is 2. The van der Waals surface area contributed by atoms with Crippen LogP contribution in [0.4, 0.5) is 4.79 Å². The lowest BCUT2D eigenvalue weighted by molar-refractivity contribution is -0.121. The Balaban J connectivity index is 1.10. The van der Waals surface area contributed by atoms with Crippen LogP contribution in [0.15, 0.2) is 91.0 Å². The van der Waals surface area contributed by atoms with E-state index in [-0.39, 0.29) is 23.5 Å². The number of hydrogen-bond acceptors (Lipinski definition) is 7. The molecule has 1 saturated heterocycles. The van der Waals surface area contributed by atoms with Crippen molar-refractivity contribution in [3.05, 3.63) is 102 Å². The number of rotatable bonds is 8. The summed E-state index contributed by atoms with van der Waals surface area (Å²) < 4.78 is 13.3. The van der Waals surface area contributed by atoms with Crippen molar-refractivity contribution >= 4 is 33.9 Å². The van der Waals surface area contributed by atoms with Gasteiger partial charge >= 0.3 is 0 Å². The van der Waals surface area contributed by atoms with Crippen molar-refractivity contribution in [3.8, 4) is 34.1 Å². The maximum Gasteiger partial charge on any atom is 0.286 e. The van der Waals surface area contributed by atoms with Crippen LogP contribution in [0.3, 0.4) is 0 Å². The smallest absolute Gasteiger partial charge is 0.286 e. The number of carbonyl (C=O) groups is 2. The summed E-state index contributed by atoms with van der Waals surface area (Å²) in [5.74, 6) is 2.85. The minimum absolute atomic E-state index is 0.240. The van der Waals surface area contributed by atoms with Crippen LogP contribution in [-0.2, 0) is 24.9 Å². The Hall–Kier alpha value is -4.76. The third-order valence-corrected chi connectivity index (χ3v) is 8.15. The fourth-order valence-electron chi connectivity index (χ4n) is 4.78. The normalized spacial score (nSPS) is 16.6. The molecule has 0 aliphatic carbocycles. The number of fused-ring (bicyclic) bond motifs is 1. The topological polar surface area (TPSA) is 103 Å². The van der Waals surface area contributed by atoms with E-state index in [1.54, 1.807) is 19.1 Å². The van der Waals surface area contributed by atoms with Crippen LogP contribution in [0.2, 0.25) is 0 Å². The highest BCUT2D eigenvalue weighted by molar-refractivity contribution is 8.16. The number of aromatic hydroxyl groups is 1. The number of benzene rings is 4. The second kappa shape index (κ2) is 10.7. The number of nitrogens with zero attached hydrogens (tertiary/aromatic N) is 2. The summed E-state index contributed by atoms with van der Waals surface area (Å²) >= 11 is 1.03. The summed E-state index contributed by atoms with van der Waals surface area (Å²) in [5, 5.41) is 11.6. The molecule has 1 fully saturated rings. The van der Waals surface area contributed by atoms with Crippen molar-refractivity contribution in [2.75, 3.05) is 0 Å². The number of nitrogens with one attached hydrogen (secondary N) is 1. The number of carbonyl (C=O) groups excluding carboxylic acids is 2. The predicted octanol–water partition coefficient (Wildman–Crippen LogP) is 6.60. The number of hydrogen-bond donors (Lipinski definition) is 2. The average molecular weight is 566 g/mol. The minimum atomic E-state index is -0.799. The molecule has 9 heteroatoms. The highest BCUT2D eigenvalue weighted by atomic mass is 32.2. The van der Waals surface area contributed by atoms with E-state index < -0.39 is 4.75 Å². The van der Waals surface area contributed by atoms with Crippen molar-refractivity contribution in [3.63, 3.8) is 0 Å². The molecule has 0 saturated carbocycles. The molecule has 1 aliphatic heterocycles. The van der Waals surface area contributed by atoms with E-state index in [2.05, 4.69) is 5.32 Å². The molecular weight excluding hydrogens is 538 g/mol. The maximum atomic E-state index is 12.1. The van der Waals surface area contributed by atoms with Gasteiger partial charge in [0.05, 0.1) is 11.0 Å². The van der Waals surface area contributed by atoms with Crippen LogP contribution in [0.5, 0.6) is 23.0 Å². The molecule has 41 heavy (non-hydrogen) atoms. The van der Waals surface area contributed by atoms with Gasteiger partial charge in [-0.15, -0.1) is 0 Å². The van der Waals surface area contributed by atoms with Gasteiger partial charge in [0, 0.05) is 13.1 Å². The van der Waals surface area contributed by atoms with Gasteiger partial charge in [-0.2, -0.15) is 0 Å². The van der Waals surface area contributed by atoms with Gasteiger partial charge in [0.2, 0.25) is 5.91 Å². The quantitative estimate of drug-likeness (QED) is 0.218. The van der Waals surface area contributed by atoms with E-state index in [9.17, 15) is 14.7 Å². The lowest BCUT2D eigenvalue weighted by Gasteiger charge is -2.18. The Kier molecular flexibility index (Phi) is 6.88. The van der Waals surface area contributed by atoms with Crippen LogP contribution in [0.1, 0.15) is 18.3 Å². The summed E-state index contributed by atoms with van der Waals surface area (Å²) in [6.45, 7) is 2.06. The van der Waals surface area contributed by atoms with E-state index in [4.69, 9.17) is 14.5 Å². The van der Waals surface area contributed by atoms with Gasteiger partial charge in [-0.05, 0) is 90.3 Å². The van der Waals surface area contributed by atoms with Crippen LogP contribution < -0.4 is 14.8 Å². The number of aryl methyl sites for hydroxylation is 1. The number of imide groups is 1. The van der Waals surface area contributed by atoms with Gasteiger partial charge < -0.3 is 19.1 Å². The molecule has 0 radical (unpaired) electrons. The zero-order chi connectivity index (χ0) is 28.6. The molecule has 0 spiro atoms. The van der Waals surface area contributed by atoms with E-state index in [1.165, 1.54) is 0 Å². The van der Waals surface area contributed by atoms with Crippen LogP contribution in [-0.4, -0.2) is 30.6 Å². The summed E-state index contributed by atoms with van der Waals surface area (Å²) in [4.78, 5) is 28.4. The van der Waals surface area contributed by atoms with Gasteiger partial charge in [0.25, 0.3) is 5.24 Å². The molecule has 4 aromatic carbocycles. The van der Waals surface area contributed by atoms with Gasteiger partial charge in [0.1, 0.15) is 40.2 Å². The fourth-order valence-corrected chi connectivity index (χ4v) is 5.71. The number of imidazole rings is 1. The van der Waals surface area contributed by atoms with Crippen LogP contribution in [0.25, 0.3) is 22.2 Å². The molecule has 2 heterocycles. The number of phenolic OH excluding ortho intramolecular Hbond substituents is 1. The highest BCUT2D eigenvalue weighted by Gasteiger charge is 2.43. The van der Waals surface area contributed by atoms with E-state index in [0.717, 1.165) is 45.3 Å². The van der Waals surface area contributed by atoms with Crippen LogP contribution in [0, 0.1) is 0 Å². The predicted molar refractivity (Wildman–Crippen MR) is 158 cm³/mol. The molecule has 5 aromatic rings. The molecule has 206 valence electrons. The monoisotopic (exact) mass is 565 g/mol. The zero-order valence-corrected chi connectivity index (χ0v) is 23.3. The van der Waals surface area contributed by atoms with Gasteiger partial charge in [-0.25, -0.2) is 4.98 Å². The molecule has 1 aromatic heterocycles. The zero-order valence-electron chi connectivity index (χ0n) is 22.5. The second-order valence-corrected chi connectivity index (χ2v) is 11.6. The first-order valence-corrected chi connectivity index (χ1v) is 13.9. The Morgan fingerprint density at radius 2 is 1.51 bits per heavy atom. The first kappa shape index (κ1) is 26.5. The van der Waals surface area contributed by atoms with E-state index >= 15 is 0 Å². The first-order valence-electron chi connectivity index (χ1n) is 13.0. The van der Waals surface area contributed by atoms with Crippen molar-refractivity contribution in [2.24, 2.45) is 7.05 Å². The molecule has 0 bridgehead atoms. The summed E-state index contributed by atoms with van der Waals surface area (Å²) in [6, 6.07) is 28.2. The molecule has 8 nitrogen and oxygen atoms in total. The maximum absolute atomic E-state index is 12.1. The minimum Gasteiger partial charge on any atom is -0.508 e. The number of phenols is 1. The molecule has 0 unspecified atom stereocenters. The van der Waals surface area contributed by atoms with E-state index in [1.807, 2.05) is 90.5 Å². The standard InChI is InChI=1S/C32H27N3O5S/c1-32(30(37)34-31(38)41-32)18-20-3-11-24(12-4-20)39-19-29-33-27-16-15-26(17-28(27)35(29)2)40-25-13-7-22(8-14-25)21-5-9-23(36)10-6-21/h3-17,36H,18-19H2,1-2H3,(H,34,37,38)/t32-/m0/s1.